The van der Waals surface area contributed by atoms with Gasteiger partial charge in [0, 0.05) is 4.90 Å². The van der Waals surface area contributed by atoms with Crippen LogP contribution in [-0.4, -0.2) is 18.3 Å². The minimum absolute atomic E-state index is 0.165. The molecule has 0 heterocycles. The van der Waals surface area contributed by atoms with E-state index in [1.54, 1.807) is 19.1 Å². The molecule has 17 heavy (non-hydrogen) atoms. The largest absolute Gasteiger partial charge is 0.468 e. The summed E-state index contributed by atoms with van der Waals surface area (Å²) in [6, 6.07) is 4.86. The summed E-state index contributed by atoms with van der Waals surface area (Å²) in [6.07, 6.45) is 0. The number of aryl methyl sites for hydroxylation is 1. The Morgan fingerprint density at radius 1 is 1.41 bits per heavy atom. The van der Waals surface area contributed by atoms with E-state index in [0.29, 0.717) is 5.56 Å². The number of methoxy groups -OCH3 is 1. The zero-order chi connectivity index (χ0) is 13.0. The van der Waals surface area contributed by atoms with Crippen LogP contribution in [0.3, 0.4) is 0 Å². The molecule has 0 aromatic heterocycles. The van der Waals surface area contributed by atoms with Crippen LogP contribution in [0, 0.1) is 18.7 Å². The van der Waals surface area contributed by atoms with Crippen LogP contribution in [0.4, 0.5) is 4.39 Å². The van der Waals surface area contributed by atoms with Crippen molar-refractivity contribution in [3.8, 4) is 0 Å². The fourth-order valence-electron chi connectivity index (χ4n) is 1.41. The lowest BCUT2D eigenvalue weighted by Gasteiger charge is -2.17. The third-order valence-electron chi connectivity index (χ3n) is 2.43. The van der Waals surface area contributed by atoms with Gasteiger partial charge in [-0.1, -0.05) is 13.8 Å². The van der Waals surface area contributed by atoms with E-state index in [1.807, 2.05) is 13.8 Å². The SMILES string of the molecule is COC(=O)C(Sc1ccc(F)c(C)c1)C(C)C. The van der Waals surface area contributed by atoms with Gasteiger partial charge in [-0.2, -0.15) is 0 Å². The van der Waals surface area contributed by atoms with Gasteiger partial charge < -0.3 is 4.74 Å². The smallest absolute Gasteiger partial charge is 0.319 e. The van der Waals surface area contributed by atoms with Crippen LogP contribution in [0.15, 0.2) is 23.1 Å². The quantitative estimate of drug-likeness (QED) is 0.610. The van der Waals surface area contributed by atoms with Crippen LogP contribution in [-0.2, 0) is 9.53 Å². The molecule has 0 aliphatic heterocycles. The maximum Gasteiger partial charge on any atom is 0.319 e. The Kier molecular flexibility index (Phi) is 5.00. The molecule has 1 aromatic rings. The number of benzene rings is 1. The molecular weight excluding hydrogens is 239 g/mol. The molecule has 1 aromatic carbocycles. The Morgan fingerprint density at radius 2 is 2.06 bits per heavy atom. The summed E-state index contributed by atoms with van der Waals surface area (Å²) in [7, 11) is 1.38. The summed E-state index contributed by atoms with van der Waals surface area (Å²) in [5.41, 5.74) is 0.586. The van der Waals surface area contributed by atoms with Crippen molar-refractivity contribution in [3.63, 3.8) is 0 Å². The third kappa shape index (κ3) is 3.73. The summed E-state index contributed by atoms with van der Waals surface area (Å²) in [4.78, 5) is 12.5. The second-order valence-electron chi connectivity index (χ2n) is 4.22. The van der Waals surface area contributed by atoms with E-state index >= 15 is 0 Å². The molecule has 0 amide bonds. The maximum atomic E-state index is 13.1. The molecule has 0 N–H and O–H groups in total. The van der Waals surface area contributed by atoms with E-state index in [2.05, 4.69) is 0 Å². The number of halogens is 1. The van der Waals surface area contributed by atoms with Crippen LogP contribution in [0.1, 0.15) is 19.4 Å². The van der Waals surface area contributed by atoms with E-state index in [1.165, 1.54) is 24.9 Å². The first-order valence-electron chi connectivity index (χ1n) is 5.46. The van der Waals surface area contributed by atoms with Gasteiger partial charge in [0.1, 0.15) is 11.1 Å². The van der Waals surface area contributed by atoms with Crippen molar-refractivity contribution in [2.45, 2.75) is 30.9 Å². The summed E-state index contributed by atoms with van der Waals surface area (Å²) >= 11 is 1.41. The second-order valence-corrected chi connectivity index (χ2v) is 5.43. The van der Waals surface area contributed by atoms with Gasteiger partial charge in [0.25, 0.3) is 0 Å². The zero-order valence-corrected chi connectivity index (χ0v) is 11.3. The number of carbonyl (C=O) groups is 1. The predicted octanol–water partition coefficient (Wildman–Crippen LogP) is 3.42. The van der Waals surface area contributed by atoms with Gasteiger partial charge in [-0.15, -0.1) is 11.8 Å². The molecule has 0 saturated carbocycles. The second kappa shape index (κ2) is 6.05. The van der Waals surface area contributed by atoms with Gasteiger partial charge in [0.15, 0.2) is 0 Å². The molecule has 0 fully saturated rings. The Labute approximate surface area is 106 Å². The minimum atomic E-state index is -0.259. The monoisotopic (exact) mass is 256 g/mol. The first kappa shape index (κ1) is 14.0. The highest BCUT2D eigenvalue weighted by atomic mass is 32.2. The molecule has 4 heteroatoms. The molecule has 1 unspecified atom stereocenters. The highest BCUT2D eigenvalue weighted by molar-refractivity contribution is 8.00. The molecule has 94 valence electrons. The normalized spacial score (nSPS) is 12.6. The maximum absolute atomic E-state index is 13.1. The molecule has 1 atom stereocenters. The van der Waals surface area contributed by atoms with E-state index in [4.69, 9.17) is 4.74 Å². The number of carbonyl (C=O) groups excluding carboxylic acids is 1. The lowest BCUT2D eigenvalue weighted by Crippen LogP contribution is -2.24. The van der Waals surface area contributed by atoms with Gasteiger partial charge in [-0.05, 0) is 36.6 Å². The van der Waals surface area contributed by atoms with Crippen LogP contribution in [0.5, 0.6) is 0 Å². The number of hydrogen-bond donors (Lipinski definition) is 0. The van der Waals surface area contributed by atoms with Gasteiger partial charge in [0.05, 0.1) is 7.11 Å². The topological polar surface area (TPSA) is 26.3 Å². The van der Waals surface area contributed by atoms with Gasteiger partial charge in [0.2, 0.25) is 0 Å². The molecule has 0 bridgehead atoms. The first-order chi connectivity index (χ1) is 7.95. The molecule has 0 aliphatic carbocycles. The van der Waals surface area contributed by atoms with E-state index < -0.39 is 0 Å². The van der Waals surface area contributed by atoms with E-state index in [0.717, 1.165) is 4.90 Å². The fourth-order valence-corrected chi connectivity index (χ4v) is 2.56. The van der Waals surface area contributed by atoms with E-state index in [-0.39, 0.29) is 23.0 Å². The summed E-state index contributed by atoms with van der Waals surface area (Å²) in [5, 5.41) is -0.259. The standard InChI is InChI=1S/C13H17FO2S/c1-8(2)12(13(15)16-4)17-10-5-6-11(14)9(3)7-10/h5-8,12H,1-4H3. The molecule has 0 saturated heterocycles. The van der Waals surface area contributed by atoms with Crippen LogP contribution < -0.4 is 0 Å². The summed E-state index contributed by atoms with van der Waals surface area (Å²) in [6.45, 7) is 5.64. The third-order valence-corrected chi connectivity index (χ3v) is 3.95. The average Bonchev–Trinajstić information content (AvgIpc) is 2.29. The van der Waals surface area contributed by atoms with Crippen LogP contribution in [0.25, 0.3) is 0 Å². The van der Waals surface area contributed by atoms with Gasteiger partial charge in [-0.3, -0.25) is 4.79 Å². The summed E-state index contributed by atoms with van der Waals surface area (Å²) < 4.78 is 17.9. The van der Waals surface area contributed by atoms with Crippen molar-refractivity contribution < 1.29 is 13.9 Å². The van der Waals surface area contributed by atoms with Gasteiger partial charge in [-0.25, -0.2) is 4.39 Å². The van der Waals surface area contributed by atoms with Crippen molar-refractivity contribution >= 4 is 17.7 Å². The minimum Gasteiger partial charge on any atom is -0.468 e. The molecule has 0 radical (unpaired) electrons. The number of rotatable bonds is 4. The van der Waals surface area contributed by atoms with Crippen molar-refractivity contribution in [1.82, 2.24) is 0 Å². The highest BCUT2D eigenvalue weighted by Crippen LogP contribution is 2.30. The lowest BCUT2D eigenvalue weighted by molar-refractivity contribution is -0.140. The lowest BCUT2D eigenvalue weighted by atomic mass is 10.1. The average molecular weight is 256 g/mol. The number of hydrogen-bond acceptors (Lipinski definition) is 3. The number of esters is 1. The fraction of sp³-hybridized carbons (Fsp3) is 0.462. The summed E-state index contributed by atoms with van der Waals surface area (Å²) in [5.74, 6) is -0.307. The molecule has 1 rings (SSSR count). The molecule has 2 nitrogen and oxygen atoms in total. The number of ether oxygens (including phenoxy) is 1. The molecule has 0 aliphatic rings. The predicted molar refractivity (Wildman–Crippen MR) is 67.6 cm³/mol. The Morgan fingerprint density at radius 3 is 2.53 bits per heavy atom. The van der Waals surface area contributed by atoms with Gasteiger partial charge >= 0.3 is 5.97 Å². The van der Waals surface area contributed by atoms with Crippen molar-refractivity contribution in [1.29, 1.82) is 0 Å². The van der Waals surface area contributed by atoms with Crippen LogP contribution in [0.2, 0.25) is 0 Å². The van der Waals surface area contributed by atoms with Crippen LogP contribution >= 0.6 is 11.8 Å². The zero-order valence-electron chi connectivity index (χ0n) is 10.5. The van der Waals surface area contributed by atoms with Crippen molar-refractivity contribution in [2.75, 3.05) is 7.11 Å². The molecule has 0 spiro atoms. The van der Waals surface area contributed by atoms with Crippen molar-refractivity contribution in [2.24, 2.45) is 5.92 Å². The van der Waals surface area contributed by atoms with Crippen molar-refractivity contribution in [3.05, 3.63) is 29.6 Å². The van der Waals surface area contributed by atoms with E-state index in [9.17, 15) is 9.18 Å². The highest BCUT2D eigenvalue weighted by Gasteiger charge is 2.24. The Balaban J connectivity index is 2.86. The molecular formula is C13H17FO2S. The number of thioether (sulfide) groups is 1. The Hall–Kier alpha value is -1.03. The Bertz CT molecular complexity index is 404. The first-order valence-corrected chi connectivity index (χ1v) is 6.34.